The molecule has 0 radical (unpaired) electrons. The first kappa shape index (κ1) is 12.9. The van der Waals surface area contributed by atoms with Gasteiger partial charge in [-0.15, -0.1) is 0 Å². The number of likely N-dealkylation sites (tertiary alicyclic amines) is 1. The van der Waals surface area contributed by atoms with E-state index < -0.39 is 0 Å². The quantitative estimate of drug-likeness (QED) is 0.777. The van der Waals surface area contributed by atoms with Crippen molar-refractivity contribution in [3.05, 3.63) is 24.0 Å². The molecule has 4 nitrogen and oxygen atoms in total. The Balaban J connectivity index is 1.79. The van der Waals surface area contributed by atoms with Crippen molar-refractivity contribution in [2.45, 2.75) is 50.8 Å². The maximum atomic E-state index is 6.44. The molecular weight excluding hydrogens is 238 g/mol. The third-order valence-electron chi connectivity index (χ3n) is 4.59. The van der Waals surface area contributed by atoms with E-state index in [0.29, 0.717) is 0 Å². The SMILES string of the molecule is CC(C)(C)N1CCC2(CC1)Oc1cnccc1[C@@H]2N. The molecule has 1 spiro atoms. The van der Waals surface area contributed by atoms with Gasteiger partial charge >= 0.3 is 0 Å². The highest BCUT2D eigenvalue weighted by Crippen LogP contribution is 2.47. The van der Waals surface area contributed by atoms with Gasteiger partial charge in [-0.3, -0.25) is 9.88 Å². The molecule has 0 bridgehead atoms. The third-order valence-corrected chi connectivity index (χ3v) is 4.59. The van der Waals surface area contributed by atoms with Crippen LogP contribution in [0.3, 0.4) is 0 Å². The van der Waals surface area contributed by atoms with Gasteiger partial charge in [0.25, 0.3) is 0 Å². The van der Waals surface area contributed by atoms with E-state index in [1.807, 2.05) is 6.07 Å². The maximum Gasteiger partial charge on any atom is 0.143 e. The van der Waals surface area contributed by atoms with E-state index in [1.54, 1.807) is 12.4 Å². The van der Waals surface area contributed by atoms with Crippen molar-refractivity contribution in [3.8, 4) is 5.75 Å². The third kappa shape index (κ3) is 2.03. The number of piperidine rings is 1. The zero-order valence-electron chi connectivity index (χ0n) is 12.0. The summed E-state index contributed by atoms with van der Waals surface area (Å²) in [6.07, 6.45) is 5.56. The van der Waals surface area contributed by atoms with Crippen molar-refractivity contribution in [2.75, 3.05) is 13.1 Å². The lowest BCUT2D eigenvalue weighted by atomic mass is 9.82. The molecule has 0 unspecified atom stereocenters. The van der Waals surface area contributed by atoms with Crippen LogP contribution < -0.4 is 10.5 Å². The summed E-state index contributed by atoms with van der Waals surface area (Å²) < 4.78 is 6.19. The average Bonchev–Trinajstić information content (AvgIpc) is 2.63. The van der Waals surface area contributed by atoms with Crippen LogP contribution in [0.25, 0.3) is 0 Å². The number of nitrogens with two attached hydrogens (primary N) is 1. The molecule has 0 amide bonds. The monoisotopic (exact) mass is 261 g/mol. The molecule has 1 atom stereocenters. The molecule has 1 aromatic heterocycles. The Kier molecular flexibility index (Phi) is 2.84. The van der Waals surface area contributed by atoms with Crippen LogP contribution >= 0.6 is 0 Å². The number of aromatic nitrogens is 1. The molecule has 2 N–H and O–H groups in total. The minimum atomic E-state index is -0.215. The number of hydrogen-bond acceptors (Lipinski definition) is 4. The number of pyridine rings is 1. The van der Waals surface area contributed by atoms with Crippen molar-refractivity contribution < 1.29 is 4.74 Å². The lowest BCUT2D eigenvalue weighted by Gasteiger charge is -2.45. The Morgan fingerprint density at radius 1 is 1.37 bits per heavy atom. The van der Waals surface area contributed by atoms with Crippen LogP contribution in [0.2, 0.25) is 0 Å². The number of nitrogens with zero attached hydrogens (tertiary/aromatic N) is 2. The Labute approximate surface area is 115 Å². The second kappa shape index (κ2) is 4.18. The van der Waals surface area contributed by atoms with Gasteiger partial charge in [0.05, 0.1) is 12.2 Å². The van der Waals surface area contributed by atoms with Gasteiger partial charge in [-0.1, -0.05) is 0 Å². The normalized spacial score (nSPS) is 26.2. The van der Waals surface area contributed by atoms with Crippen LogP contribution in [0.1, 0.15) is 45.2 Å². The molecule has 2 aliphatic heterocycles. The Morgan fingerprint density at radius 3 is 2.63 bits per heavy atom. The molecule has 1 saturated heterocycles. The fourth-order valence-corrected chi connectivity index (χ4v) is 3.27. The van der Waals surface area contributed by atoms with Crippen LogP contribution in [0, 0.1) is 0 Å². The molecule has 2 aliphatic rings. The van der Waals surface area contributed by atoms with Gasteiger partial charge in [0.1, 0.15) is 11.4 Å². The summed E-state index contributed by atoms with van der Waals surface area (Å²) in [5.74, 6) is 0.874. The van der Waals surface area contributed by atoms with E-state index in [4.69, 9.17) is 10.5 Å². The van der Waals surface area contributed by atoms with E-state index in [1.165, 1.54) is 0 Å². The van der Waals surface area contributed by atoms with Gasteiger partial charge in [0, 0.05) is 43.2 Å². The second-order valence-electron chi connectivity index (χ2n) is 6.72. The zero-order chi connectivity index (χ0) is 13.7. The Morgan fingerprint density at radius 2 is 2.05 bits per heavy atom. The molecule has 0 aliphatic carbocycles. The first-order valence-electron chi connectivity index (χ1n) is 7.06. The van der Waals surface area contributed by atoms with Gasteiger partial charge in [-0.25, -0.2) is 0 Å². The van der Waals surface area contributed by atoms with E-state index in [9.17, 15) is 0 Å². The van der Waals surface area contributed by atoms with Crippen LogP contribution in [0.4, 0.5) is 0 Å². The van der Waals surface area contributed by atoms with Gasteiger partial charge in [0.2, 0.25) is 0 Å². The molecule has 3 heterocycles. The first-order valence-corrected chi connectivity index (χ1v) is 7.06. The molecule has 4 heteroatoms. The van der Waals surface area contributed by atoms with Crippen molar-refractivity contribution in [2.24, 2.45) is 5.73 Å². The largest absolute Gasteiger partial charge is 0.483 e. The van der Waals surface area contributed by atoms with Crippen LogP contribution in [0.15, 0.2) is 18.5 Å². The fraction of sp³-hybridized carbons (Fsp3) is 0.667. The lowest BCUT2D eigenvalue weighted by Crippen LogP contribution is -2.55. The predicted octanol–water partition coefficient (Wildman–Crippen LogP) is 2.11. The average molecular weight is 261 g/mol. The second-order valence-corrected chi connectivity index (χ2v) is 6.72. The zero-order valence-corrected chi connectivity index (χ0v) is 12.0. The van der Waals surface area contributed by atoms with Crippen LogP contribution in [0.5, 0.6) is 5.75 Å². The molecule has 19 heavy (non-hydrogen) atoms. The van der Waals surface area contributed by atoms with Crippen molar-refractivity contribution in [1.29, 1.82) is 0 Å². The smallest absolute Gasteiger partial charge is 0.143 e. The highest BCUT2D eigenvalue weighted by Gasteiger charge is 2.49. The van der Waals surface area contributed by atoms with Gasteiger partial charge in [-0.2, -0.15) is 0 Å². The van der Waals surface area contributed by atoms with Gasteiger partial charge < -0.3 is 10.5 Å². The van der Waals surface area contributed by atoms with E-state index in [-0.39, 0.29) is 17.2 Å². The van der Waals surface area contributed by atoms with Crippen molar-refractivity contribution in [3.63, 3.8) is 0 Å². The topological polar surface area (TPSA) is 51.4 Å². The summed E-state index contributed by atoms with van der Waals surface area (Å²) in [7, 11) is 0. The number of rotatable bonds is 0. The molecule has 3 rings (SSSR count). The lowest BCUT2D eigenvalue weighted by molar-refractivity contribution is -0.0238. The highest BCUT2D eigenvalue weighted by atomic mass is 16.5. The highest BCUT2D eigenvalue weighted by molar-refractivity contribution is 5.40. The fourth-order valence-electron chi connectivity index (χ4n) is 3.27. The molecule has 0 aromatic carbocycles. The van der Waals surface area contributed by atoms with Gasteiger partial charge in [0.15, 0.2) is 0 Å². The summed E-state index contributed by atoms with van der Waals surface area (Å²) in [5.41, 5.74) is 7.56. The minimum Gasteiger partial charge on any atom is -0.483 e. The molecular formula is C15H23N3O. The Bertz CT molecular complexity index is 473. The molecule has 0 saturated carbocycles. The summed E-state index contributed by atoms with van der Waals surface area (Å²) in [6, 6.07) is 1.97. The standard InChI is InChI=1S/C15H23N3O/c1-14(2,3)18-8-5-15(6-9-18)13(16)11-4-7-17-10-12(11)19-15/h4,7,10,13H,5-6,8-9,16H2,1-3H3/t13-/m0/s1. The summed E-state index contributed by atoms with van der Waals surface area (Å²) in [4.78, 5) is 6.64. The first-order chi connectivity index (χ1) is 8.92. The summed E-state index contributed by atoms with van der Waals surface area (Å²) in [6.45, 7) is 8.87. The summed E-state index contributed by atoms with van der Waals surface area (Å²) in [5, 5.41) is 0. The number of hydrogen-bond donors (Lipinski definition) is 1. The Hall–Kier alpha value is -1.13. The van der Waals surface area contributed by atoms with Crippen molar-refractivity contribution in [1.82, 2.24) is 9.88 Å². The van der Waals surface area contributed by atoms with Crippen LogP contribution in [-0.2, 0) is 0 Å². The van der Waals surface area contributed by atoms with Crippen molar-refractivity contribution >= 4 is 0 Å². The predicted molar refractivity (Wildman–Crippen MR) is 75.1 cm³/mol. The van der Waals surface area contributed by atoms with E-state index >= 15 is 0 Å². The van der Waals surface area contributed by atoms with E-state index in [0.717, 1.165) is 37.2 Å². The van der Waals surface area contributed by atoms with Gasteiger partial charge in [-0.05, 0) is 26.8 Å². The summed E-state index contributed by atoms with van der Waals surface area (Å²) >= 11 is 0. The number of fused-ring (bicyclic) bond motifs is 1. The van der Waals surface area contributed by atoms with E-state index in [2.05, 4.69) is 30.7 Å². The van der Waals surface area contributed by atoms with Crippen LogP contribution in [-0.4, -0.2) is 34.1 Å². The maximum absolute atomic E-state index is 6.44. The number of ether oxygens (including phenoxy) is 1. The molecule has 1 aromatic rings. The minimum absolute atomic E-state index is 0.0207. The molecule has 1 fully saturated rings. The molecule has 104 valence electrons.